The molecule has 2 aliphatic heterocycles. The number of ether oxygens (including phenoxy) is 1. The van der Waals surface area contributed by atoms with Crippen LogP contribution < -0.4 is 0 Å². The maximum absolute atomic E-state index is 10.5. The quantitative estimate of drug-likeness (QED) is 0.912. The van der Waals surface area contributed by atoms with Gasteiger partial charge in [-0.15, -0.1) is 0 Å². The van der Waals surface area contributed by atoms with E-state index in [0.717, 1.165) is 49.9 Å². The summed E-state index contributed by atoms with van der Waals surface area (Å²) in [4.78, 5) is 4.61. The van der Waals surface area contributed by atoms with Crippen LogP contribution in [0.1, 0.15) is 12.0 Å². The predicted molar refractivity (Wildman–Crippen MR) is 93.5 cm³/mol. The lowest BCUT2D eigenvalue weighted by Crippen LogP contribution is -2.56. The SMILES string of the molecule is O[C@@H]1CN(C/C(Cl)=C/c2ccccc2)CC[C@H]1N1CCOCC1. The third-order valence-corrected chi connectivity index (χ3v) is 4.87. The first-order chi connectivity index (χ1) is 11.2. The summed E-state index contributed by atoms with van der Waals surface area (Å²) in [5.41, 5.74) is 1.11. The van der Waals surface area contributed by atoms with E-state index in [9.17, 15) is 5.11 Å². The van der Waals surface area contributed by atoms with Gasteiger partial charge in [-0.2, -0.15) is 0 Å². The van der Waals surface area contributed by atoms with Crippen LogP contribution in [-0.2, 0) is 4.74 Å². The maximum Gasteiger partial charge on any atom is 0.0822 e. The van der Waals surface area contributed by atoms with Crippen molar-refractivity contribution in [3.05, 3.63) is 40.9 Å². The Bertz CT molecular complexity index is 517. The molecule has 3 rings (SSSR count). The Kier molecular flexibility index (Phi) is 6.08. The molecule has 2 saturated heterocycles. The number of aliphatic hydroxyl groups is 1. The van der Waals surface area contributed by atoms with Crippen LogP contribution in [0.5, 0.6) is 0 Å². The zero-order valence-electron chi connectivity index (χ0n) is 13.4. The molecule has 0 bridgehead atoms. The minimum absolute atomic E-state index is 0.257. The normalized spacial score (nSPS) is 28.0. The average Bonchev–Trinajstić information content (AvgIpc) is 2.56. The second-order valence-electron chi connectivity index (χ2n) is 6.31. The molecule has 2 atom stereocenters. The molecule has 0 amide bonds. The van der Waals surface area contributed by atoms with Crippen molar-refractivity contribution in [2.45, 2.75) is 18.6 Å². The molecule has 0 unspecified atom stereocenters. The molecule has 0 aromatic heterocycles. The second kappa shape index (κ2) is 8.27. The van der Waals surface area contributed by atoms with Crippen molar-refractivity contribution in [2.75, 3.05) is 45.9 Å². The summed E-state index contributed by atoms with van der Waals surface area (Å²) in [6.45, 7) is 5.76. The minimum Gasteiger partial charge on any atom is -0.390 e. The maximum atomic E-state index is 10.5. The van der Waals surface area contributed by atoms with E-state index >= 15 is 0 Å². The summed E-state index contributed by atoms with van der Waals surface area (Å²) >= 11 is 6.39. The molecular weight excluding hydrogens is 312 g/mol. The zero-order valence-corrected chi connectivity index (χ0v) is 14.2. The third-order valence-electron chi connectivity index (χ3n) is 4.64. The molecule has 2 aliphatic rings. The second-order valence-corrected chi connectivity index (χ2v) is 6.79. The molecule has 0 radical (unpaired) electrons. The Morgan fingerprint density at radius 1 is 1.22 bits per heavy atom. The number of hydrogen-bond acceptors (Lipinski definition) is 4. The molecule has 4 nitrogen and oxygen atoms in total. The van der Waals surface area contributed by atoms with E-state index in [1.165, 1.54) is 0 Å². The molecule has 2 heterocycles. The first kappa shape index (κ1) is 16.9. The topological polar surface area (TPSA) is 35.9 Å². The van der Waals surface area contributed by atoms with Gasteiger partial charge in [0.2, 0.25) is 0 Å². The lowest BCUT2D eigenvalue weighted by atomic mass is 9.99. The van der Waals surface area contributed by atoms with Gasteiger partial charge in [0.15, 0.2) is 0 Å². The first-order valence-corrected chi connectivity index (χ1v) is 8.73. The summed E-state index contributed by atoms with van der Waals surface area (Å²) in [6, 6.07) is 10.4. The summed E-state index contributed by atoms with van der Waals surface area (Å²) in [5.74, 6) is 0. The minimum atomic E-state index is -0.317. The van der Waals surface area contributed by atoms with Gasteiger partial charge in [-0.1, -0.05) is 41.9 Å². The van der Waals surface area contributed by atoms with Gasteiger partial charge in [-0.25, -0.2) is 0 Å². The van der Waals surface area contributed by atoms with Crippen LogP contribution in [0.25, 0.3) is 6.08 Å². The third kappa shape index (κ3) is 4.78. The number of rotatable bonds is 4. The highest BCUT2D eigenvalue weighted by Crippen LogP contribution is 2.20. The van der Waals surface area contributed by atoms with Crippen molar-refractivity contribution in [3.63, 3.8) is 0 Å². The van der Waals surface area contributed by atoms with Crippen LogP contribution in [0.3, 0.4) is 0 Å². The summed E-state index contributed by atoms with van der Waals surface area (Å²) < 4.78 is 5.40. The summed E-state index contributed by atoms with van der Waals surface area (Å²) in [6.07, 6.45) is 2.67. The standard InChI is InChI=1S/C18H25ClN2O2/c19-16(12-15-4-2-1-3-5-15)13-20-7-6-17(18(22)14-20)21-8-10-23-11-9-21/h1-5,12,17-18,22H,6-11,13-14H2/b16-12-/t17-,18-/m1/s1. The lowest BCUT2D eigenvalue weighted by Gasteiger charge is -2.43. The van der Waals surface area contributed by atoms with Gasteiger partial charge in [0.05, 0.1) is 19.3 Å². The Morgan fingerprint density at radius 3 is 2.65 bits per heavy atom. The molecule has 126 valence electrons. The van der Waals surface area contributed by atoms with E-state index in [0.29, 0.717) is 13.1 Å². The monoisotopic (exact) mass is 336 g/mol. The van der Waals surface area contributed by atoms with Crippen LogP contribution >= 0.6 is 11.6 Å². The number of aliphatic hydroxyl groups excluding tert-OH is 1. The van der Waals surface area contributed by atoms with Crippen LogP contribution in [0.15, 0.2) is 35.4 Å². The molecular formula is C18H25ClN2O2. The molecule has 1 aromatic rings. The number of nitrogens with zero attached hydrogens (tertiary/aromatic N) is 2. The number of benzene rings is 1. The van der Waals surface area contributed by atoms with Crippen LogP contribution in [-0.4, -0.2) is 73.0 Å². The van der Waals surface area contributed by atoms with Crippen molar-refractivity contribution < 1.29 is 9.84 Å². The van der Waals surface area contributed by atoms with Crippen LogP contribution in [0.4, 0.5) is 0 Å². The fourth-order valence-corrected chi connectivity index (χ4v) is 3.75. The van der Waals surface area contributed by atoms with Gasteiger partial charge in [0.25, 0.3) is 0 Å². The molecule has 23 heavy (non-hydrogen) atoms. The highest BCUT2D eigenvalue weighted by atomic mass is 35.5. The van der Waals surface area contributed by atoms with Gasteiger partial charge in [-0.3, -0.25) is 9.80 Å². The number of piperidine rings is 1. The van der Waals surface area contributed by atoms with Crippen molar-refractivity contribution in [1.82, 2.24) is 9.80 Å². The number of halogens is 1. The highest BCUT2D eigenvalue weighted by molar-refractivity contribution is 6.31. The van der Waals surface area contributed by atoms with Gasteiger partial charge in [0, 0.05) is 43.8 Å². The first-order valence-electron chi connectivity index (χ1n) is 8.36. The fraction of sp³-hybridized carbons (Fsp3) is 0.556. The Labute approximate surface area is 143 Å². The summed E-state index contributed by atoms with van der Waals surface area (Å²) in [7, 11) is 0. The fourth-order valence-electron chi connectivity index (χ4n) is 3.45. The van der Waals surface area contributed by atoms with E-state index in [-0.39, 0.29) is 12.1 Å². The van der Waals surface area contributed by atoms with E-state index in [1.807, 2.05) is 36.4 Å². The van der Waals surface area contributed by atoms with E-state index in [4.69, 9.17) is 16.3 Å². The largest absolute Gasteiger partial charge is 0.390 e. The van der Waals surface area contributed by atoms with Crippen molar-refractivity contribution >= 4 is 17.7 Å². The molecule has 0 spiro atoms. The Hall–Kier alpha value is -0.910. The molecule has 1 aromatic carbocycles. The molecule has 5 heteroatoms. The number of likely N-dealkylation sites (tertiary alicyclic amines) is 1. The summed E-state index contributed by atoms with van der Waals surface area (Å²) in [5, 5.41) is 11.3. The smallest absolute Gasteiger partial charge is 0.0822 e. The van der Waals surface area contributed by atoms with Crippen molar-refractivity contribution in [3.8, 4) is 0 Å². The van der Waals surface area contributed by atoms with Crippen LogP contribution in [0, 0.1) is 0 Å². The predicted octanol–water partition coefficient (Wildman–Crippen LogP) is 2.03. The van der Waals surface area contributed by atoms with E-state index in [2.05, 4.69) is 9.80 Å². The zero-order chi connectivity index (χ0) is 16.1. The van der Waals surface area contributed by atoms with Crippen molar-refractivity contribution in [2.24, 2.45) is 0 Å². The van der Waals surface area contributed by atoms with Crippen LogP contribution in [0.2, 0.25) is 0 Å². The van der Waals surface area contributed by atoms with Gasteiger partial charge in [0.1, 0.15) is 0 Å². The highest BCUT2D eigenvalue weighted by Gasteiger charge is 2.32. The number of morpholine rings is 1. The molecule has 2 fully saturated rings. The van der Waals surface area contributed by atoms with Gasteiger partial charge < -0.3 is 9.84 Å². The number of hydrogen-bond donors (Lipinski definition) is 1. The molecule has 1 N–H and O–H groups in total. The van der Waals surface area contributed by atoms with E-state index in [1.54, 1.807) is 0 Å². The number of β-amino-alcohol motifs (C(OH)–C–C–N with tert-alkyl or cyclic N) is 1. The Morgan fingerprint density at radius 2 is 1.96 bits per heavy atom. The molecule has 0 saturated carbocycles. The van der Waals surface area contributed by atoms with Crippen molar-refractivity contribution in [1.29, 1.82) is 0 Å². The Balaban J connectivity index is 1.52. The lowest BCUT2D eigenvalue weighted by molar-refractivity contribution is -0.0505. The van der Waals surface area contributed by atoms with Gasteiger partial charge in [-0.05, 0) is 18.1 Å². The molecule has 0 aliphatic carbocycles. The van der Waals surface area contributed by atoms with Gasteiger partial charge >= 0.3 is 0 Å². The average molecular weight is 337 g/mol. The van der Waals surface area contributed by atoms with E-state index < -0.39 is 0 Å².